The van der Waals surface area contributed by atoms with Crippen molar-refractivity contribution in [3.8, 4) is 0 Å². The molecule has 0 saturated carbocycles. The van der Waals surface area contributed by atoms with Crippen molar-refractivity contribution in [3.63, 3.8) is 0 Å². The molecular weight excluding hydrogens is 255 g/mol. The first-order valence-corrected chi connectivity index (χ1v) is 7.10. The van der Waals surface area contributed by atoms with Crippen LogP contribution >= 0.6 is 0 Å². The van der Waals surface area contributed by atoms with E-state index in [1.54, 1.807) is 0 Å². The molecule has 1 N–H and O–H groups in total. The van der Waals surface area contributed by atoms with Gasteiger partial charge in [-0.05, 0) is 37.1 Å². The molecule has 0 saturated heterocycles. The molecule has 1 heterocycles. The molecule has 1 aromatic heterocycles. The third kappa shape index (κ3) is 3.63. The summed E-state index contributed by atoms with van der Waals surface area (Å²) in [5.41, 5.74) is 2.18. The van der Waals surface area contributed by atoms with Crippen molar-refractivity contribution in [3.05, 3.63) is 47.5 Å². The first kappa shape index (κ1) is 14.7. The van der Waals surface area contributed by atoms with Gasteiger partial charge < -0.3 is 5.32 Å². The number of likely N-dealkylation sites (N-methyl/N-ethyl adjacent to an activating group) is 1. The average molecular weight is 276 g/mol. The Bertz CT molecular complexity index is 521. The highest BCUT2D eigenvalue weighted by atomic mass is 19.1. The summed E-state index contributed by atoms with van der Waals surface area (Å²) in [6.45, 7) is 5.92. The van der Waals surface area contributed by atoms with E-state index in [0.717, 1.165) is 37.2 Å². The van der Waals surface area contributed by atoms with Crippen molar-refractivity contribution in [1.82, 2.24) is 20.3 Å². The van der Waals surface area contributed by atoms with Crippen LogP contribution in [0.2, 0.25) is 0 Å². The van der Waals surface area contributed by atoms with Crippen LogP contribution < -0.4 is 5.32 Å². The van der Waals surface area contributed by atoms with Gasteiger partial charge in [0.1, 0.15) is 5.82 Å². The fourth-order valence-corrected chi connectivity index (χ4v) is 2.30. The highest BCUT2D eigenvalue weighted by Crippen LogP contribution is 2.18. The van der Waals surface area contributed by atoms with Crippen LogP contribution in [0, 0.1) is 5.82 Å². The van der Waals surface area contributed by atoms with Gasteiger partial charge in [-0.2, -0.15) is 0 Å². The second kappa shape index (κ2) is 7.14. The lowest BCUT2D eigenvalue weighted by atomic mass is 10.0. The van der Waals surface area contributed by atoms with Gasteiger partial charge in [0, 0.05) is 6.54 Å². The molecule has 0 aliphatic rings. The molecule has 0 radical (unpaired) electrons. The Hall–Kier alpha value is -1.75. The maximum absolute atomic E-state index is 13.0. The highest BCUT2D eigenvalue weighted by Gasteiger charge is 2.16. The smallest absolute Gasteiger partial charge is 0.123 e. The Kier molecular flexibility index (Phi) is 5.24. The Labute approximate surface area is 119 Å². The van der Waals surface area contributed by atoms with Gasteiger partial charge in [0.05, 0.1) is 17.9 Å². The molecule has 1 unspecified atom stereocenters. The van der Waals surface area contributed by atoms with Crippen LogP contribution in [0.25, 0.3) is 0 Å². The number of nitrogens with zero attached hydrogens (tertiary/aromatic N) is 3. The van der Waals surface area contributed by atoms with Gasteiger partial charge in [-0.1, -0.05) is 31.2 Å². The van der Waals surface area contributed by atoms with E-state index >= 15 is 0 Å². The van der Waals surface area contributed by atoms with Gasteiger partial charge >= 0.3 is 0 Å². The SMILES string of the molecule is CCCn1nncc1C(Cc1ccc(F)cc1)NCC. The summed E-state index contributed by atoms with van der Waals surface area (Å²) in [5.74, 6) is -0.202. The van der Waals surface area contributed by atoms with Crippen molar-refractivity contribution in [2.24, 2.45) is 0 Å². The van der Waals surface area contributed by atoms with Gasteiger partial charge in [0.2, 0.25) is 0 Å². The number of nitrogens with one attached hydrogen (secondary N) is 1. The Balaban J connectivity index is 2.17. The van der Waals surface area contributed by atoms with E-state index in [2.05, 4.69) is 29.5 Å². The minimum atomic E-state index is -0.202. The maximum atomic E-state index is 13.0. The molecule has 0 aliphatic heterocycles. The molecule has 0 fully saturated rings. The second-order valence-corrected chi connectivity index (χ2v) is 4.82. The van der Waals surface area contributed by atoms with Crippen molar-refractivity contribution in [2.75, 3.05) is 6.54 Å². The first-order valence-electron chi connectivity index (χ1n) is 7.10. The molecule has 20 heavy (non-hydrogen) atoms. The van der Waals surface area contributed by atoms with Gasteiger partial charge in [0.25, 0.3) is 0 Å². The molecule has 1 atom stereocenters. The molecule has 2 aromatic rings. The summed E-state index contributed by atoms with van der Waals surface area (Å²) >= 11 is 0. The quantitative estimate of drug-likeness (QED) is 0.845. The molecule has 4 nitrogen and oxygen atoms in total. The summed E-state index contributed by atoms with van der Waals surface area (Å²) in [7, 11) is 0. The largest absolute Gasteiger partial charge is 0.309 e. The lowest BCUT2D eigenvalue weighted by Crippen LogP contribution is -2.25. The van der Waals surface area contributed by atoms with E-state index < -0.39 is 0 Å². The van der Waals surface area contributed by atoms with E-state index in [4.69, 9.17) is 0 Å². The fraction of sp³-hybridized carbons (Fsp3) is 0.467. The molecule has 2 rings (SSSR count). The Morgan fingerprint density at radius 3 is 2.65 bits per heavy atom. The van der Waals surface area contributed by atoms with E-state index in [-0.39, 0.29) is 11.9 Å². The molecule has 0 amide bonds. The molecule has 0 spiro atoms. The zero-order valence-electron chi connectivity index (χ0n) is 12.0. The monoisotopic (exact) mass is 276 g/mol. The van der Waals surface area contributed by atoms with E-state index in [9.17, 15) is 4.39 Å². The van der Waals surface area contributed by atoms with Crippen molar-refractivity contribution in [1.29, 1.82) is 0 Å². The summed E-state index contributed by atoms with van der Waals surface area (Å²) in [5, 5.41) is 11.6. The van der Waals surface area contributed by atoms with Crippen LogP contribution in [0.5, 0.6) is 0 Å². The fourth-order valence-electron chi connectivity index (χ4n) is 2.30. The third-order valence-electron chi connectivity index (χ3n) is 3.24. The van der Waals surface area contributed by atoms with Crippen molar-refractivity contribution in [2.45, 2.75) is 39.3 Å². The second-order valence-electron chi connectivity index (χ2n) is 4.82. The molecule has 0 bridgehead atoms. The maximum Gasteiger partial charge on any atom is 0.123 e. The minimum Gasteiger partial charge on any atom is -0.309 e. The zero-order chi connectivity index (χ0) is 14.4. The number of benzene rings is 1. The molecule has 0 aliphatic carbocycles. The highest BCUT2D eigenvalue weighted by molar-refractivity contribution is 5.19. The molecule has 5 heteroatoms. The van der Waals surface area contributed by atoms with E-state index in [1.165, 1.54) is 12.1 Å². The van der Waals surface area contributed by atoms with E-state index in [1.807, 2.05) is 23.0 Å². The van der Waals surface area contributed by atoms with Crippen LogP contribution in [0.4, 0.5) is 4.39 Å². The lowest BCUT2D eigenvalue weighted by Gasteiger charge is -2.18. The molecule has 1 aromatic carbocycles. The predicted octanol–water partition coefficient (Wildman–Crippen LogP) is 2.72. The van der Waals surface area contributed by atoms with Crippen LogP contribution in [-0.2, 0) is 13.0 Å². The van der Waals surface area contributed by atoms with Crippen molar-refractivity contribution >= 4 is 0 Å². The third-order valence-corrected chi connectivity index (χ3v) is 3.24. The van der Waals surface area contributed by atoms with E-state index in [0.29, 0.717) is 0 Å². The van der Waals surface area contributed by atoms with Gasteiger partial charge in [0.15, 0.2) is 0 Å². The first-order chi connectivity index (χ1) is 9.74. The van der Waals surface area contributed by atoms with Gasteiger partial charge in [-0.25, -0.2) is 9.07 Å². The van der Waals surface area contributed by atoms with Crippen LogP contribution in [0.15, 0.2) is 30.5 Å². The lowest BCUT2D eigenvalue weighted by molar-refractivity contribution is 0.473. The van der Waals surface area contributed by atoms with Crippen LogP contribution in [0.3, 0.4) is 0 Å². The standard InChI is InChI=1S/C15H21FN4/c1-3-9-20-15(11-18-19-20)14(17-4-2)10-12-5-7-13(16)8-6-12/h5-8,11,14,17H,3-4,9-10H2,1-2H3. The number of hydrogen-bond acceptors (Lipinski definition) is 3. The van der Waals surface area contributed by atoms with Crippen LogP contribution in [-0.4, -0.2) is 21.5 Å². The topological polar surface area (TPSA) is 42.7 Å². The minimum absolute atomic E-state index is 0.145. The average Bonchev–Trinajstić information content (AvgIpc) is 2.89. The summed E-state index contributed by atoms with van der Waals surface area (Å²) in [6.07, 6.45) is 3.63. The molecule has 108 valence electrons. The van der Waals surface area contributed by atoms with Crippen LogP contribution in [0.1, 0.15) is 37.6 Å². The summed E-state index contributed by atoms with van der Waals surface area (Å²) < 4.78 is 14.9. The van der Waals surface area contributed by atoms with Crippen molar-refractivity contribution < 1.29 is 4.39 Å². The predicted molar refractivity (Wildman–Crippen MR) is 76.8 cm³/mol. The Morgan fingerprint density at radius 2 is 2.00 bits per heavy atom. The number of hydrogen-bond donors (Lipinski definition) is 1. The molecular formula is C15H21FN4. The normalized spacial score (nSPS) is 12.6. The number of aryl methyl sites for hydroxylation is 1. The zero-order valence-corrected chi connectivity index (χ0v) is 12.0. The summed E-state index contributed by atoms with van der Waals surface area (Å²) in [4.78, 5) is 0. The number of aromatic nitrogens is 3. The Morgan fingerprint density at radius 1 is 1.25 bits per heavy atom. The number of halogens is 1. The number of rotatable bonds is 7. The summed E-state index contributed by atoms with van der Waals surface area (Å²) in [6, 6.07) is 6.80. The van der Waals surface area contributed by atoms with Gasteiger partial charge in [-0.15, -0.1) is 5.10 Å². The van der Waals surface area contributed by atoms with Gasteiger partial charge in [-0.3, -0.25) is 0 Å².